The summed E-state index contributed by atoms with van der Waals surface area (Å²) >= 11 is 0. The molecule has 0 fully saturated rings. The van der Waals surface area contributed by atoms with Crippen molar-refractivity contribution in [2.75, 3.05) is 7.11 Å². The van der Waals surface area contributed by atoms with Gasteiger partial charge in [0, 0.05) is 11.1 Å². The molecule has 0 bridgehead atoms. The van der Waals surface area contributed by atoms with Gasteiger partial charge < -0.3 is 9.26 Å². The van der Waals surface area contributed by atoms with Gasteiger partial charge in [-0.2, -0.15) is 0 Å². The summed E-state index contributed by atoms with van der Waals surface area (Å²) in [6.07, 6.45) is 0.707. The molecular weight excluding hydrogens is 306 g/mol. The Balaban J connectivity index is 2.23. The van der Waals surface area contributed by atoms with Crippen LogP contribution in [0.5, 0.6) is 5.75 Å². The van der Waals surface area contributed by atoms with Gasteiger partial charge in [-0.15, -0.1) is 0 Å². The highest BCUT2D eigenvalue weighted by Gasteiger charge is 2.26. The molecule has 0 radical (unpaired) electrons. The van der Waals surface area contributed by atoms with Crippen LogP contribution < -0.4 is 4.74 Å². The Hall–Kier alpha value is -3.21. The van der Waals surface area contributed by atoms with Crippen LogP contribution in [0.3, 0.4) is 0 Å². The molecule has 0 aliphatic rings. The topological polar surface area (TPSA) is 69.4 Å². The second-order valence-corrected chi connectivity index (χ2v) is 5.20. The molecule has 1 heterocycles. The molecule has 24 heavy (non-hydrogen) atoms. The lowest BCUT2D eigenvalue weighted by atomic mass is 9.95. The monoisotopic (exact) mass is 321 g/mol. The first-order valence-electron chi connectivity index (χ1n) is 7.36. The van der Waals surface area contributed by atoms with E-state index in [0.717, 1.165) is 0 Å². The van der Waals surface area contributed by atoms with Crippen molar-refractivity contribution in [3.8, 4) is 17.0 Å². The van der Waals surface area contributed by atoms with E-state index < -0.39 is 0 Å². The van der Waals surface area contributed by atoms with Gasteiger partial charge in [0.2, 0.25) is 0 Å². The molecule has 0 aliphatic carbocycles. The number of aldehydes is 1. The first-order valence-corrected chi connectivity index (χ1v) is 7.36. The fourth-order valence-electron chi connectivity index (χ4n) is 2.61. The van der Waals surface area contributed by atoms with E-state index in [1.165, 1.54) is 7.11 Å². The van der Waals surface area contributed by atoms with Crippen LogP contribution in [0.2, 0.25) is 0 Å². The summed E-state index contributed by atoms with van der Waals surface area (Å²) in [5, 5.41) is 4.02. The van der Waals surface area contributed by atoms with E-state index in [2.05, 4.69) is 5.16 Å². The minimum Gasteiger partial charge on any atom is -0.496 e. The number of nitrogens with zero attached hydrogens (tertiary/aromatic N) is 1. The quantitative estimate of drug-likeness (QED) is 0.529. The van der Waals surface area contributed by atoms with Crippen LogP contribution in [0, 0.1) is 6.92 Å². The molecule has 5 nitrogen and oxygen atoms in total. The lowest BCUT2D eigenvalue weighted by Gasteiger charge is -2.10. The van der Waals surface area contributed by atoms with Crippen LogP contribution in [0.4, 0.5) is 0 Å². The van der Waals surface area contributed by atoms with Crippen molar-refractivity contribution in [3.63, 3.8) is 0 Å². The highest BCUT2D eigenvalue weighted by molar-refractivity contribution is 6.13. The van der Waals surface area contributed by atoms with Crippen LogP contribution in [0.25, 0.3) is 11.3 Å². The van der Waals surface area contributed by atoms with E-state index in [1.807, 2.05) is 6.07 Å². The van der Waals surface area contributed by atoms with Crippen molar-refractivity contribution in [1.29, 1.82) is 0 Å². The summed E-state index contributed by atoms with van der Waals surface area (Å²) in [5.41, 5.74) is 1.98. The molecule has 2 aromatic carbocycles. The first kappa shape index (κ1) is 15.7. The van der Waals surface area contributed by atoms with Crippen molar-refractivity contribution in [3.05, 3.63) is 71.0 Å². The SMILES string of the molecule is COc1cccc(C=O)c1-c1noc(C)c1C(=O)c1ccccc1. The Labute approximate surface area is 138 Å². The van der Waals surface area contributed by atoms with Gasteiger partial charge in [0.25, 0.3) is 0 Å². The van der Waals surface area contributed by atoms with Crippen molar-refractivity contribution >= 4 is 12.1 Å². The van der Waals surface area contributed by atoms with Crippen molar-refractivity contribution in [2.24, 2.45) is 0 Å². The minimum atomic E-state index is -0.216. The number of carbonyl (C=O) groups is 2. The zero-order chi connectivity index (χ0) is 17.1. The number of aryl methyl sites for hydroxylation is 1. The zero-order valence-electron chi connectivity index (χ0n) is 13.3. The van der Waals surface area contributed by atoms with Gasteiger partial charge in [0.05, 0.1) is 18.2 Å². The molecule has 0 saturated carbocycles. The number of rotatable bonds is 5. The van der Waals surface area contributed by atoms with Crippen molar-refractivity contribution in [2.45, 2.75) is 6.92 Å². The fraction of sp³-hybridized carbons (Fsp3) is 0.105. The molecule has 1 aromatic heterocycles. The number of hydrogen-bond acceptors (Lipinski definition) is 5. The van der Waals surface area contributed by atoms with E-state index in [4.69, 9.17) is 9.26 Å². The van der Waals surface area contributed by atoms with Gasteiger partial charge in [-0.05, 0) is 13.0 Å². The number of benzene rings is 2. The maximum absolute atomic E-state index is 12.9. The van der Waals surface area contributed by atoms with Gasteiger partial charge in [0.1, 0.15) is 17.2 Å². The summed E-state index contributed by atoms with van der Waals surface area (Å²) in [6.45, 7) is 1.67. The minimum absolute atomic E-state index is 0.216. The van der Waals surface area contributed by atoms with Crippen molar-refractivity contribution < 1.29 is 18.8 Å². The second kappa shape index (κ2) is 6.50. The average Bonchev–Trinajstić information content (AvgIpc) is 3.02. The molecule has 0 saturated heterocycles. The van der Waals surface area contributed by atoms with Crippen LogP contribution in [0.1, 0.15) is 32.0 Å². The van der Waals surface area contributed by atoms with Gasteiger partial charge in [-0.25, -0.2) is 0 Å². The zero-order valence-corrected chi connectivity index (χ0v) is 13.3. The molecule has 120 valence electrons. The van der Waals surface area contributed by atoms with Gasteiger partial charge in [-0.1, -0.05) is 47.6 Å². The summed E-state index contributed by atoms with van der Waals surface area (Å²) in [5.74, 6) is 0.628. The van der Waals surface area contributed by atoms with Gasteiger partial charge >= 0.3 is 0 Å². The van der Waals surface area contributed by atoms with E-state index in [-0.39, 0.29) is 5.78 Å². The van der Waals surface area contributed by atoms with Gasteiger partial charge in [0.15, 0.2) is 12.1 Å². The molecule has 0 spiro atoms. The standard InChI is InChI=1S/C19H15NO4/c1-12-16(19(22)13-7-4-3-5-8-13)18(20-24-12)17-14(11-21)9-6-10-15(17)23-2/h3-11H,1-2H3. The lowest BCUT2D eigenvalue weighted by Crippen LogP contribution is -2.05. The Morgan fingerprint density at radius 2 is 1.88 bits per heavy atom. The van der Waals surface area contributed by atoms with E-state index in [1.54, 1.807) is 49.4 Å². The van der Waals surface area contributed by atoms with E-state index in [0.29, 0.717) is 45.7 Å². The molecule has 0 aliphatic heterocycles. The molecule has 5 heteroatoms. The van der Waals surface area contributed by atoms with Crippen LogP contribution in [-0.4, -0.2) is 24.3 Å². The Morgan fingerprint density at radius 3 is 2.54 bits per heavy atom. The van der Waals surface area contributed by atoms with Crippen molar-refractivity contribution in [1.82, 2.24) is 5.16 Å². The smallest absolute Gasteiger partial charge is 0.198 e. The predicted octanol–water partition coefficient (Wildman–Crippen LogP) is 3.70. The second-order valence-electron chi connectivity index (χ2n) is 5.20. The molecule has 0 unspecified atom stereocenters. The average molecular weight is 321 g/mol. The lowest BCUT2D eigenvalue weighted by molar-refractivity contribution is 0.103. The number of carbonyl (C=O) groups excluding carboxylic acids is 2. The maximum Gasteiger partial charge on any atom is 0.198 e. The molecule has 3 aromatic rings. The maximum atomic E-state index is 12.9. The highest BCUT2D eigenvalue weighted by Crippen LogP contribution is 2.36. The number of ether oxygens (including phenoxy) is 1. The van der Waals surface area contributed by atoms with Crippen LogP contribution in [-0.2, 0) is 0 Å². The highest BCUT2D eigenvalue weighted by atomic mass is 16.5. The summed E-state index contributed by atoms with van der Waals surface area (Å²) in [4.78, 5) is 24.3. The van der Waals surface area contributed by atoms with Crippen LogP contribution >= 0.6 is 0 Å². The molecule has 0 N–H and O–H groups in total. The summed E-state index contributed by atoms with van der Waals surface area (Å²) in [6, 6.07) is 13.9. The van der Waals surface area contributed by atoms with E-state index in [9.17, 15) is 9.59 Å². The molecule has 3 rings (SSSR count). The summed E-state index contributed by atoms with van der Waals surface area (Å²) in [7, 11) is 1.50. The number of ketones is 1. The third kappa shape index (κ3) is 2.60. The number of aromatic nitrogens is 1. The normalized spacial score (nSPS) is 10.4. The van der Waals surface area contributed by atoms with E-state index >= 15 is 0 Å². The number of methoxy groups -OCH3 is 1. The predicted molar refractivity (Wildman–Crippen MR) is 88.5 cm³/mol. The number of hydrogen-bond donors (Lipinski definition) is 0. The fourth-order valence-corrected chi connectivity index (χ4v) is 2.61. The summed E-state index contributed by atoms with van der Waals surface area (Å²) < 4.78 is 10.6. The first-order chi connectivity index (χ1) is 11.7. The third-order valence-corrected chi connectivity index (χ3v) is 3.77. The third-order valence-electron chi connectivity index (χ3n) is 3.77. The largest absolute Gasteiger partial charge is 0.496 e. The molecule has 0 amide bonds. The Kier molecular flexibility index (Phi) is 4.24. The van der Waals surface area contributed by atoms with Crippen LogP contribution in [0.15, 0.2) is 53.1 Å². The molecular formula is C19H15NO4. The Bertz CT molecular complexity index is 897. The Morgan fingerprint density at radius 1 is 1.12 bits per heavy atom. The van der Waals surface area contributed by atoms with Gasteiger partial charge in [-0.3, -0.25) is 9.59 Å². The molecule has 0 atom stereocenters.